The van der Waals surface area contributed by atoms with E-state index in [2.05, 4.69) is 4.98 Å². The molecule has 2 aromatic rings. The molecule has 0 fully saturated rings. The van der Waals surface area contributed by atoms with Crippen molar-refractivity contribution in [3.63, 3.8) is 0 Å². The number of hydrogen-bond acceptors (Lipinski definition) is 4. The first kappa shape index (κ1) is 14.8. The quantitative estimate of drug-likeness (QED) is 0.830. The maximum absolute atomic E-state index is 13.2. The average Bonchev–Trinajstić information content (AvgIpc) is 2.73. The normalized spacial score (nSPS) is 12.8. The van der Waals surface area contributed by atoms with E-state index >= 15 is 0 Å². The Morgan fingerprint density at radius 1 is 1.60 bits per heavy atom. The van der Waals surface area contributed by atoms with Crippen molar-refractivity contribution < 1.29 is 19.0 Å². The van der Waals surface area contributed by atoms with E-state index in [1.165, 1.54) is 12.1 Å². The number of aliphatic carboxylic acids is 1. The Morgan fingerprint density at radius 3 is 3.00 bits per heavy atom. The number of carboxylic acid groups (broad SMARTS) is 1. The van der Waals surface area contributed by atoms with Crippen LogP contribution in [0, 0.1) is 5.82 Å². The summed E-state index contributed by atoms with van der Waals surface area (Å²) in [5.41, 5.74) is 1.28. The molecule has 1 N–H and O–H groups in total. The monoisotopic (exact) mass is 298 g/mol. The van der Waals surface area contributed by atoms with Crippen molar-refractivity contribution in [1.29, 1.82) is 0 Å². The Labute approximate surface area is 119 Å². The summed E-state index contributed by atoms with van der Waals surface area (Å²) < 4.78 is 20.3. The summed E-state index contributed by atoms with van der Waals surface area (Å²) in [6, 6.07) is 4.35. The lowest BCUT2D eigenvalue weighted by atomic mass is 10.3. The maximum Gasteiger partial charge on any atom is 0.313 e. The standard InChI is InChI=1S/C13H15FN2O3S/c1-8(19-2)6-16-11-4-3-9(14)5-10(11)15-13(16)20-7-12(17)18/h3-5,8H,6-7H2,1-2H3,(H,17,18). The topological polar surface area (TPSA) is 64.3 Å². The number of rotatable bonds is 6. The fraction of sp³-hybridized carbons (Fsp3) is 0.385. The third-order valence-corrected chi connectivity index (χ3v) is 3.80. The van der Waals surface area contributed by atoms with Gasteiger partial charge in [-0.1, -0.05) is 11.8 Å². The number of thioether (sulfide) groups is 1. The highest BCUT2D eigenvalue weighted by Crippen LogP contribution is 2.25. The molecule has 0 radical (unpaired) electrons. The number of fused-ring (bicyclic) bond motifs is 1. The summed E-state index contributed by atoms with van der Waals surface area (Å²) in [4.78, 5) is 15.0. The lowest BCUT2D eigenvalue weighted by Crippen LogP contribution is -2.15. The van der Waals surface area contributed by atoms with E-state index in [0.29, 0.717) is 17.2 Å². The molecule has 1 aromatic carbocycles. The number of ether oxygens (including phenoxy) is 1. The minimum absolute atomic E-state index is 0.0540. The van der Waals surface area contributed by atoms with Gasteiger partial charge in [-0.25, -0.2) is 9.37 Å². The van der Waals surface area contributed by atoms with Gasteiger partial charge in [0, 0.05) is 13.2 Å². The number of carbonyl (C=O) groups is 1. The zero-order valence-corrected chi connectivity index (χ0v) is 12.0. The van der Waals surface area contributed by atoms with E-state index in [0.717, 1.165) is 17.3 Å². The van der Waals surface area contributed by atoms with Gasteiger partial charge in [-0.05, 0) is 19.1 Å². The van der Waals surface area contributed by atoms with E-state index in [-0.39, 0.29) is 17.7 Å². The molecule has 0 aliphatic carbocycles. The summed E-state index contributed by atoms with van der Waals surface area (Å²) in [6.45, 7) is 2.43. The summed E-state index contributed by atoms with van der Waals surface area (Å²) in [6.07, 6.45) is -0.0540. The molecule has 1 aromatic heterocycles. The number of hydrogen-bond donors (Lipinski definition) is 1. The first-order valence-corrected chi connectivity index (χ1v) is 7.03. The molecule has 0 saturated carbocycles. The van der Waals surface area contributed by atoms with Crippen LogP contribution in [0.2, 0.25) is 0 Å². The third kappa shape index (κ3) is 3.29. The smallest absolute Gasteiger partial charge is 0.313 e. The molecule has 7 heteroatoms. The maximum atomic E-state index is 13.2. The van der Waals surface area contributed by atoms with Gasteiger partial charge in [0.25, 0.3) is 0 Å². The van der Waals surface area contributed by atoms with Crippen molar-refractivity contribution in [3.8, 4) is 0 Å². The van der Waals surface area contributed by atoms with Crippen LogP contribution in [0.3, 0.4) is 0 Å². The van der Waals surface area contributed by atoms with Gasteiger partial charge in [0.05, 0.1) is 29.4 Å². The summed E-state index contributed by atoms with van der Waals surface area (Å²) >= 11 is 1.11. The van der Waals surface area contributed by atoms with Crippen LogP contribution in [0.4, 0.5) is 4.39 Å². The number of carboxylic acids is 1. The van der Waals surface area contributed by atoms with Crippen LogP contribution in [0.5, 0.6) is 0 Å². The minimum atomic E-state index is -0.917. The van der Waals surface area contributed by atoms with Crippen molar-refractivity contribution in [2.45, 2.75) is 24.7 Å². The fourth-order valence-corrected chi connectivity index (χ4v) is 2.57. The molecular formula is C13H15FN2O3S. The van der Waals surface area contributed by atoms with Crippen LogP contribution in [0.1, 0.15) is 6.92 Å². The van der Waals surface area contributed by atoms with Gasteiger partial charge in [0.15, 0.2) is 5.16 Å². The Hall–Kier alpha value is -1.60. The van der Waals surface area contributed by atoms with E-state index in [1.54, 1.807) is 13.2 Å². The average molecular weight is 298 g/mol. The lowest BCUT2D eigenvalue weighted by Gasteiger charge is -2.13. The molecule has 0 amide bonds. The van der Waals surface area contributed by atoms with Gasteiger partial charge in [-0.3, -0.25) is 4.79 Å². The molecule has 0 aliphatic rings. The highest BCUT2D eigenvalue weighted by molar-refractivity contribution is 7.99. The first-order valence-electron chi connectivity index (χ1n) is 6.04. The van der Waals surface area contributed by atoms with Crippen molar-refractivity contribution in [2.24, 2.45) is 0 Å². The van der Waals surface area contributed by atoms with Crippen LogP contribution < -0.4 is 0 Å². The summed E-state index contributed by atoms with van der Waals surface area (Å²) in [5, 5.41) is 9.32. The Kier molecular flexibility index (Phi) is 4.61. The van der Waals surface area contributed by atoms with Crippen molar-refractivity contribution in [2.75, 3.05) is 12.9 Å². The van der Waals surface area contributed by atoms with E-state index < -0.39 is 5.97 Å². The van der Waals surface area contributed by atoms with Gasteiger partial charge < -0.3 is 14.4 Å². The number of halogens is 1. The molecule has 0 saturated heterocycles. The Balaban J connectivity index is 2.41. The molecule has 0 bridgehead atoms. The Bertz CT molecular complexity index is 629. The van der Waals surface area contributed by atoms with E-state index in [4.69, 9.17) is 9.84 Å². The van der Waals surface area contributed by atoms with Crippen LogP contribution in [0.15, 0.2) is 23.4 Å². The molecular weight excluding hydrogens is 283 g/mol. The van der Waals surface area contributed by atoms with E-state index in [1.807, 2.05) is 11.5 Å². The number of aromatic nitrogens is 2. The Morgan fingerprint density at radius 2 is 2.35 bits per heavy atom. The van der Waals surface area contributed by atoms with Crippen molar-refractivity contribution in [3.05, 3.63) is 24.0 Å². The zero-order valence-electron chi connectivity index (χ0n) is 11.2. The molecule has 1 unspecified atom stereocenters. The van der Waals surface area contributed by atoms with Gasteiger partial charge in [-0.15, -0.1) is 0 Å². The van der Waals surface area contributed by atoms with Crippen molar-refractivity contribution >= 4 is 28.8 Å². The summed E-state index contributed by atoms with van der Waals surface area (Å²) in [7, 11) is 1.60. The van der Waals surface area contributed by atoms with Gasteiger partial charge in [-0.2, -0.15) is 0 Å². The molecule has 20 heavy (non-hydrogen) atoms. The molecule has 1 heterocycles. The predicted octanol–water partition coefficient (Wildman–Crippen LogP) is 2.39. The highest BCUT2D eigenvalue weighted by Gasteiger charge is 2.15. The molecule has 5 nitrogen and oxygen atoms in total. The van der Waals surface area contributed by atoms with Crippen LogP contribution in [0.25, 0.3) is 11.0 Å². The molecule has 0 spiro atoms. The van der Waals surface area contributed by atoms with Crippen LogP contribution in [-0.4, -0.2) is 39.6 Å². The largest absolute Gasteiger partial charge is 0.481 e. The first-order chi connectivity index (χ1) is 9.51. The predicted molar refractivity (Wildman–Crippen MR) is 74.5 cm³/mol. The summed E-state index contributed by atoms with van der Waals surface area (Å²) in [5.74, 6) is -1.37. The highest BCUT2D eigenvalue weighted by atomic mass is 32.2. The second-order valence-corrected chi connectivity index (χ2v) is 5.31. The van der Waals surface area contributed by atoms with Crippen LogP contribution in [-0.2, 0) is 16.1 Å². The second-order valence-electron chi connectivity index (χ2n) is 4.37. The zero-order chi connectivity index (χ0) is 14.7. The van der Waals surface area contributed by atoms with E-state index in [9.17, 15) is 9.18 Å². The molecule has 0 aliphatic heterocycles. The van der Waals surface area contributed by atoms with Gasteiger partial charge in [0.2, 0.25) is 0 Å². The molecule has 2 rings (SSSR count). The molecule has 1 atom stereocenters. The fourth-order valence-electron chi connectivity index (χ4n) is 1.83. The van der Waals surface area contributed by atoms with Gasteiger partial charge in [0.1, 0.15) is 5.82 Å². The minimum Gasteiger partial charge on any atom is -0.481 e. The van der Waals surface area contributed by atoms with Crippen LogP contribution >= 0.6 is 11.8 Å². The number of methoxy groups -OCH3 is 1. The number of nitrogens with zero attached hydrogens (tertiary/aromatic N) is 2. The molecule has 108 valence electrons. The van der Waals surface area contributed by atoms with Crippen molar-refractivity contribution in [1.82, 2.24) is 9.55 Å². The lowest BCUT2D eigenvalue weighted by molar-refractivity contribution is -0.133. The van der Waals surface area contributed by atoms with Gasteiger partial charge >= 0.3 is 5.97 Å². The number of benzene rings is 1. The second kappa shape index (κ2) is 6.23. The number of imidazole rings is 1. The SMILES string of the molecule is COC(C)Cn1c(SCC(=O)O)nc2cc(F)ccc21. The third-order valence-electron chi connectivity index (χ3n) is 2.84.